The molecule has 0 amide bonds. The number of H-pyrrole nitrogens is 1. The molecule has 0 aliphatic carbocycles. The van der Waals surface area contributed by atoms with Crippen molar-refractivity contribution in [1.29, 1.82) is 0 Å². The molecule has 2 N–H and O–H groups in total. The van der Waals surface area contributed by atoms with Crippen LogP contribution >= 0.6 is 0 Å². The molecule has 2 aliphatic rings. The standard InChI is InChI=1S/C22H24N4O3/c27-22-17-3-1-2-4-18(17)24-21(25-22)7-10-23-15-8-11-26(12-9-15)16-5-6-19-20(13-16)29-14-28-19/h1-6,13,15,23H,7-12,14H2,(H,24,25,27). The molecule has 0 bridgehead atoms. The zero-order chi connectivity index (χ0) is 19.6. The smallest absolute Gasteiger partial charge is 0.258 e. The van der Waals surface area contributed by atoms with Crippen LogP contribution in [-0.2, 0) is 6.42 Å². The summed E-state index contributed by atoms with van der Waals surface area (Å²) in [7, 11) is 0. The van der Waals surface area contributed by atoms with E-state index in [1.165, 1.54) is 5.69 Å². The second kappa shape index (κ2) is 7.75. The van der Waals surface area contributed by atoms with Gasteiger partial charge in [0.2, 0.25) is 6.79 Å². The van der Waals surface area contributed by atoms with Gasteiger partial charge in [0.1, 0.15) is 5.82 Å². The molecule has 0 unspecified atom stereocenters. The Bertz CT molecular complexity index is 1070. The molecule has 3 aromatic rings. The highest BCUT2D eigenvalue weighted by Gasteiger charge is 2.21. The zero-order valence-electron chi connectivity index (χ0n) is 16.2. The van der Waals surface area contributed by atoms with Crippen LogP contribution in [0.15, 0.2) is 47.3 Å². The van der Waals surface area contributed by atoms with E-state index in [-0.39, 0.29) is 5.56 Å². The molecule has 0 atom stereocenters. The summed E-state index contributed by atoms with van der Waals surface area (Å²) >= 11 is 0. The Morgan fingerprint density at radius 2 is 1.93 bits per heavy atom. The molecule has 150 valence electrons. The molecule has 5 rings (SSSR count). The number of piperidine rings is 1. The normalized spacial score (nSPS) is 16.5. The molecular weight excluding hydrogens is 368 g/mol. The van der Waals surface area contributed by atoms with E-state index in [1.54, 1.807) is 6.07 Å². The van der Waals surface area contributed by atoms with Crippen LogP contribution in [0, 0.1) is 0 Å². The van der Waals surface area contributed by atoms with Crippen molar-refractivity contribution in [2.24, 2.45) is 0 Å². The molecule has 1 aromatic heterocycles. The van der Waals surface area contributed by atoms with Crippen molar-refractivity contribution in [2.45, 2.75) is 25.3 Å². The topological polar surface area (TPSA) is 79.5 Å². The fraction of sp³-hybridized carbons (Fsp3) is 0.364. The van der Waals surface area contributed by atoms with E-state index >= 15 is 0 Å². The van der Waals surface area contributed by atoms with Gasteiger partial charge in [0, 0.05) is 43.9 Å². The molecule has 7 nitrogen and oxygen atoms in total. The summed E-state index contributed by atoms with van der Waals surface area (Å²) in [4.78, 5) is 22.0. The van der Waals surface area contributed by atoms with E-state index in [0.717, 1.165) is 55.3 Å². The van der Waals surface area contributed by atoms with Crippen LogP contribution in [0.2, 0.25) is 0 Å². The van der Waals surface area contributed by atoms with Crippen LogP contribution in [-0.4, -0.2) is 42.4 Å². The lowest BCUT2D eigenvalue weighted by atomic mass is 10.0. The minimum atomic E-state index is -0.0670. The number of hydrogen-bond acceptors (Lipinski definition) is 6. The largest absolute Gasteiger partial charge is 0.454 e. The number of aromatic nitrogens is 2. The molecule has 2 aliphatic heterocycles. The first-order chi connectivity index (χ1) is 14.3. The number of anilines is 1. The van der Waals surface area contributed by atoms with E-state index in [1.807, 2.05) is 24.3 Å². The average molecular weight is 392 g/mol. The van der Waals surface area contributed by atoms with Crippen LogP contribution < -0.4 is 25.2 Å². The summed E-state index contributed by atoms with van der Waals surface area (Å²) in [5.41, 5.74) is 1.87. The maximum Gasteiger partial charge on any atom is 0.258 e. The van der Waals surface area contributed by atoms with Crippen molar-refractivity contribution in [3.8, 4) is 11.5 Å². The summed E-state index contributed by atoms with van der Waals surface area (Å²) in [6, 6.07) is 14.1. The van der Waals surface area contributed by atoms with Crippen molar-refractivity contribution in [2.75, 3.05) is 31.3 Å². The van der Waals surface area contributed by atoms with Crippen LogP contribution in [0.5, 0.6) is 11.5 Å². The third-order valence-electron chi connectivity index (χ3n) is 5.67. The van der Waals surface area contributed by atoms with Gasteiger partial charge in [-0.2, -0.15) is 0 Å². The second-order valence-corrected chi connectivity index (χ2v) is 7.53. The Morgan fingerprint density at radius 1 is 1.10 bits per heavy atom. The van der Waals surface area contributed by atoms with Crippen LogP contribution in [0.25, 0.3) is 10.9 Å². The van der Waals surface area contributed by atoms with Crippen LogP contribution in [0.3, 0.4) is 0 Å². The first-order valence-electron chi connectivity index (χ1n) is 10.1. The third kappa shape index (κ3) is 3.78. The van der Waals surface area contributed by atoms with Crippen LogP contribution in [0.4, 0.5) is 5.69 Å². The van der Waals surface area contributed by atoms with Crippen LogP contribution in [0.1, 0.15) is 18.7 Å². The van der Waals surface area contributed by atoms with Gasteiger partial charge in [-0.1, -0.05) is 12.1 Å². The Kier molecular flexibility index (Phi) is 4.81. The van der Waals surface area contributed by atoms with E-state index in [0.29, 0.717) is 24.6 Å². The fourth-order valence-electron chi connectivity index (χ4n) is 4.07. The maximum atomic E-state index is 12.2. The van der Waals surface area contributed by atoms with Gasteiger partial charge in [0.05, 0.1) is 10.9 Å². The van der Waals surface area contributed by atoms with E-state index in [9.17, 15) is 4.79 Å². The number of rotatable bonds is 5. The molecule has 0 spiro atoms. The summed E-state index contributed by atoms with van der Waals surface area (Å²) in [5, 5.41) is 4.26. The van der Waals surface area contributed by atoms with Gasteiger partial charge >= 0.3 is 0 Å². The molecule has 2 aromatic carbocycles. The summed E-state index contributed by atoms with van der Waals surface area (Å²) in [6.45, 7) is 3.11. The number of fused-ring (bicyclic) bond motifs is 2. The summed E-state index contributed by atoms with van der Waals surface area (Å²) in [6.07, 6.45) is 2.87. The van der Waals surface area contributed by atoms with Gasteiger partial charge in [-0.3, -0.25) is 4.79 Å². The minimum Gasteiger partial charge on any atom is -0.454 e. The summed E-state index contributed by atoms with van der Waals surface area (Å²) < 4.78 is 10.9. The van der Waals surface area contributed by atoms with Gasteiger partial charge in [-0.15, -0.1) is 0 Å². The zero-order valence-corrected chi connectivity index (χ0v) is 16.2. The number of para-hydroxylation sites is 1. The lowest BCUT2D eigenvalue weighted by molar-refractivity contribution is 0.174. The highest BCUT2D eigenvalue weighted by Crippen LogP contribution is 2.36. The first-order valence-corrected chi connectivity index (χ1v) is 10.1. The molecule has 1 fully saturated rings. The predicted octanol–water partition coefficient (Wildman–Crippen LogP) is 2.45. The SMILES string of the molecule is O=c1[nH]c(CCNC2CCN(c3ccc4c(c3)OCO4)CC2)nc2ccccc12. The van der Waals surface area contributed by atoms with Gasteiger partial charge in [0.15, 0.2) is 11.5 Å². The Balaban J connectivity index is 1.13. The maximum absolute atomic E-state index is 12.2. The molecular formula is C22H24N4O3. The Morgan fingerprint density at radius 3 is 2.83 bits per heavy atom. The number of benzene rings is 2. The van der Waals surface area contributed by atoms with E-state index in [4.69, 9.17) is 9.47 Å². The minimum absolute atomic E-state index is 0.0670. The molecule has 0 saturated carbocycles. The molecule has 3 heterocycles. The highest BCUT2D eigenvalue weighted by atomic mass is 16.7. The molecule has 0 radical (unpaired) electrons. The number of ether oxygens (including phenoxy) is 2. The lowest BCUT2D eigenvalue weighted by Gasteiger charge is -2.34. The Hall–Kier alpha value is -3.06. The molecule has 1 saturated heterocycles. The van der Waals surface area contributed by atoms with Gasteiger partial charge in [-0.05, 0) is 37.1 Å². The van der Waals surface area contributed by atoms with Crippen molar-refractivity contribution < 1.29 is 9.47 Å². The van der Waals surface area contributed by atoms with Crippen molar-refractivity contribution in [1.82, 2.24) is 15.3 Å². The monoisotopic (exact) mass is 392 g/mol. The number of nitrogens with zero attached hydrogens (tertiary/aromatic N) is 2. The average Bonchev–Trinajstić information content (AvgIpc) is 3.22. The quantitative estimate of drug-likeness (QED) is 0.694. The lowest BCUT2D eigenvalue weighted by Crippen LogP contribution is -2.43. The summed E-state index contributed by atoms with van der Waals surface area (Å²) in [5.74, 6) is 2.39. The number of nitrogens with one attached hydrogen (secondary N) is 2. The van der Waals surface area contributed by atoms with Crippen molar-refractivity contribution in [3.05, 3.63) is 58.6 Å². The van der Waals surface area contributed by atoms with Gasteiger partial charge in [-0.25, -0.2) is 4.98 Å². The number of hydrogen-bond donors (Lipinski definition) is 2. The van der Waals surface area contributed by atoms with Crippen molar-refractivity contribution in [3.63, 3.8) is 0 Å². The van der Waals surface area contributed by atoms with E-state index in [2.05, 4.69) is 32.3 Å². The number of aromatic amines is 1. The first kappa shape index (κ1) is 18.0. The highest BCUT2D eigenvalue weighted by molar-refractivity contribution is 5.77. The molecule has 29 heavy (non-hydrogen) atoms. The van der Waals surface area contributed by atoms with Crippen molar-refractivity contribution >= 4 is 16.6 Å². The van der Waals surface area contributed by atoms with Gasteiger partial charge in [0.25, 0.3) is 5.56 Å². The third-order valence-corrected chi connectivity index (χ3v) is 5.67. The Labute approximate surface area is 168 Å². The second-order valence-electron chi connectivity index (χ2n) is 7.53. The van der Waals surface area contributed by atoms with E-state index < -0.39 is 0 Å². The fourth-order valence-corrected chi connectivity index (χ4v) is 4.07. The molecule has 7 heteroatoms. The predicted molar refractivity (Wildman–Crippen MR) is 112 cm³/mol. The van der Waals surface area contributed by atoms with Gasteiger partial charge < -0.3 is 24.7 Å².